The molecule has 0 unspecified atom stereocenters. The first-order valence-electron chi connectivity index (χ1n) is 12.2. The first-order chi connectivity index (χ1) is 17.0. The minimum atomic E-state index is -0.579. The second kappa shape index (κ2) is 9.90. The van der Waals surface area contributed by atoms with Crippen molar-refractivity contribution in [3.8, 4) is 0 Å². The lowest BCUT2D eigenvalue weighted by Crippen LogP contribution is -2.50. The van der Waals surface area contributed by atoms with E-state index in [1.807, 2.05) is 34.1 Å². The fourth-order valence-electron chi connectivity index (χ4n) is 5.06. The average Bonchev–Trinajstić information content (AvgIpc) is 3.27. The highest BCUT2D eigenvalue weighted by molar-refractivity contribution is 6.44. The van der Waals surface area contributed by atoms with Crippen molar-refractivity contribution in [3.63, 3.8) is 0 Å². The maximum Gasteiger partial charge on any atom is 0.295 e. The molecule has 0 aliphatic carbocycles. The minimum absolute atomic E-state index is 0.0278. The van der Waals surface area contributed by atoms with Gasteiger partial charge in [-0.1, -0.05) is 30.3 Å². The Balaban J connectivity index is 1.31. The van der Waals surface area contributed by atoms with Gasteiger partial charge in [0.05, 0.1) is 11.3 Å². The first-order valence-corrected chi connectivity index (χ1v) is 12.2. The van der Waals surface area contributed by atoms with Gasteiger partial charge in [0, 0.05) is 56.4 Å². The van der Waals surface area contributed by atoms with Crippen LogP contribution in [0.4, 0.5) is 10.1 Å². The number of benzene rings is 2. The predicted octanol–water partition coefficient (Wildman–Crippen LogP) is 3.32. The normalized spacial score (nSPS) is 16.5. The molecule has 8 heteroatoms. The summed E-state index contributed by atoms with van der Waals surface area (Å²) in [4.78, 5) is 44.6. The molecule has 2 saturated heterocycles. The van der Waals surface area contributed by atoms with E-state index in [0.717, 1.165) is 37.9 Å². The van der Waals surface area contributed by atoms with E-state index in [1.165, 1.54) is 11.0 Å². The molecule has 1 aromatic heterocycles. The Bertz CT molecular complexity index is 1260. The highest BCUT2D eigenvalue weighted by Crippen LogP contribution is 2.24. The molecule has 0 saturated carbocycles. The van der Waals surface area contributed by atoms with Gasteiger partial charge in [-0.3, -0.25) is 14.4 Å². The summed E-state index contributed by atoms with van der Waals surface area (Å²) >= 11 is 0. The molecule has 7 nitrogen and oxygen atoms in total. The third-order valence-corrected chi connectivity index (χ3v) is 7.00. The number of hydrogen-bond donors (Lipinski definition) is 0. The number of para-hydroxylation sites is 2. The zero-order valence-corrected chi connectivity index (χ0v) is 19.7. The van der Waals surface area contributed by atoms with Gasteiger partial charge in [-0.15, -0.1) is 0 Å². The van der Waals surface area contributed by atoms with Gasteiger partial charge in [0.15, 0.2) is 0 Å². The number of hydrogen-bond acceptors (Lipinski definition) is 4. The van der Waals surface area contributed by atoms with Crippen molar-refractivity contribution in [2.75, 3.05) is 44.2 Å². The summed E-state index contributed by atoms with van der Waals surface area (Å²) in [5, 5.41) is 0.669. The van der Waals surface area contributed by atoms with Crippen LogP contribution in [0.15, 0.2) is 54.7 Å². The van der Waals surface area contributed by atoms with Crippen LogP contribution in [0.2, 0.25) is 0 Å². The van der Waals surface area contributed by atoms with Crippen LogP contribution < -0.4 is 4.90 Å². The van der Waals surface area contributed by atoms with Gasteiger partial charge in [-0.2, -0.15) is 0 Å². The molecule has 0 atom stereocenters. The monoisotopic (exact) mass is 476 g/mol. The van der Waals surface area contributed by atoms with Gasteiger partial charge in [0.2, 0.25) is 5.91 Å². The standard InChI is InChI=1S/C27H29FN4O3/c28-22-9-3-5-11-24(22)29-14-16-31(17-15-29)27(35)26(34)21-18-32(23-10-4-2-8-20(21)23)19-25(33)30-12-6-1-7-13-30/h2-5,8-11,18H,1,6-7,12-17,19H2. The third kappa shape index (κ3) is 4.65. The van der Waals surface area contributed by atoms with E-state index < -0.39 is 11.7 Å². The molecule has 0 N–H and O–H groups in total. The lowest BCUT2D eigenvalue weighted by Gasteiger charge is -2.35. The fraction of sp³-hybridized carbons (Fsp3) is 0.370. The second-order valence-electron chi connectivity index (χ2n) is 9.19. The molecule has 0 spiro atoms. The average molecular weight is 477 g/mol. The summed E-state index contributed by atoms with van der Waals surface area (Å²) < 4.78 is 15.9. The van der Waals surface area contributed by atoms with Gasteiger partial charge in [-0.05, 0) is 37.5 Å². The molecule has 2 aliphatic heterocycles. The molecule has 3 heterocycles. The number of Topliss-reactive ketones (excluding diaryl/α,β-unsaturated/α-hetero) is 1. The van der Waals surface area contributed by atoms with E-state index >= 15 is 0 Å². The van der Waals surface area contributed by atoms with Crippen LogP contribution in [0.3, 0.4) is 0 Å². The van der Waals surface area contributed by atoms with E-state index in [-0.39, 0.29) is 18.3 Å². The summed E-state index contributed by atoms with van der Waals surface area (Å²) in [5.41, 5.74) is 1.58. The van der Waals surface area contributed by atoms with E-state index in [4.69, 9.17) is 0 Å². The van der Waals surface area contributed by atoms with Gasteiger partial charge in [0.1, 0.15) is 12.4 Å². The Morgan fingerprint density at radius 2 is 1.46 bits per heavy atom. The molecule has 5 rings (SSSR count). The first kappa shape index (κ1) is 23.1. The molecular formula is C27H29FN4O3. The number of ketones is 1. The fourth-order valence-corrected chi connectivity index (χ4v) is 5.06. The maximum atomic E-state index is 14.1. The van der Waals surface area contributed by atoms with Gasteiger partial charge in [-0.25, -0.2) is 4.39 Å². The minimum Gasteiger partial charge on any atom is -0.366 e. The van der Waals surface area contributed by atoms with E-state index in [1.54, 1.807) is 29.0 Å². The number of anilines is 1. The smallest absolute Gasteiger partial charge is 0.295 e. The summed E-state index contributed by atoms with van der Waals surface area (Å²) in [6.45, 7) is 3.25. The molecule has 2 aromatic carbocycles. The quantitative estimate of drug-likeness (QED) is 0.419. The lowest BCUT2D eigenvalue weighted by atomic mass is 10.1. The number of piperidine rings is 1. The van der Waals surface area contributed by atoms with Crippen molar-refractivity contribution < 1.29 is 18.8 Å². The zero-order valence-electron chi connectivity index (χ0n) is 19.7. The molecule has 2 aliphatic rings. The largest absolute Gasteiger partial charge is 0.366 e. The van der Waals surface area contributed by atoms with Gasteiger partial charge < -0.3 is 19.3 Å². The summed E-state index contributed by atoms with van der Waals surface area (Å²) in [6.07, 6.45) is 4.81. The number of carbonyl (C=O) groups excluding carboxylic acids is 3. The van der Waals surface area contributed by atoms with E-state index in [2.05, 4.69) is 0 Å². The summed E-state index contributed by atoms with van der Waals surface area (Å²) in [7, 11) is 0. The second-order valence-corrected chi connectivity index (χ2v) is 9.19. The number of nitrogens with zero attached hydrogens (tertiary/aromatic N) is 4. The Morgan fingerprint density at radius 3 is 2.20 bits per heavy atom. The third-order valence-electron chi connectivity index (χ3n) is 7.00. The number of carbonyl (C=O) groups is 3. The predicted molar refractivity (Wildman–Crippen MR) is 132 cm³/mol. The van der Waals surface area contributed by atoms with Crippen LogP contribution in [0.1, 0.15) is 29.6 Å². The SMILES string of the molecule is O=C(C(=O)N1CCN(c2ccccc2F)CC1)c1cn(CC(=O)N2CCCCC2)c2ccccc12. The lowest BCUT2D eigenvalue weighted by molar-refractivity contribution is -0.132. The number of aromatic nitrogens is 1. The van der Waals surface area contributed by atoms with Gasteiger partial charge >= 0.3 is 0 Å². The molecule has 0 bridgehead atoms. The number of amides is 2. The van der Waals surface area contributed by atoms with Crippen LogP contribution in [0.25, 0.3) is 10.9 Å². The number of fused-ring (bicyclic) bond motifs is 1. The van der Waals surface area contributed by atoms with Crippen LogP contribution >= 0.6 is 0 Å². The van der Waals surface area contributed by atoms with Crippen LogP contribution in [0.5, 0.6) is 0 Å². The van der Waals surface area contributed by atoms with Crippen LogP contribution in [0, 0.1) is 5.82 Å². The zero-order chi connectivity index (χ0) is 24.4. The summed E-state index contributed by atoms with van der Waals surface area (Å²) in [5.74, 6) is -1.41. The molecule has 182 valence electrons. The van der Waals surface area contributed by atoms with Crippen molar-refractivity contribution in [2.24, 2.45) is 0 Å². The van der Waals surface area contributed by atoms with Crippen LogP contribution in [-0.2, 0) is 16.1 Å². The van der Waals surface area contributed by atoms with Crippen LogP contribution in [-0.4, -0.2) is 71.2 Å². The Labute approximate surface area is 203 Å². The highest BCUT2D eigenvalue weighted by Gasteiger charge is 2.30. The van der Waals surface area contributed by atoms with Gasteiger partial charge in [0.25, 0.3) is 11.7 Å². The van der Waals surface area contributed by atoms with Crippen molar-refractivity contribution in [1.82, 2.24) is 14.4 Å². The van der Waals surface area contributed by atoms with E-state index in [0.29, 0.717) is 42.8 Å². The number of piperazine rings is 1. The number of halogens is 1. The molecule has 2 amide bonds. The maximum absolute atomic E-state index is 14.1. The molecule has 35 heavy (non-hydrogen) atoms. The van der Waals surface area contributed by atoms with Crippen molar-refractivity contribution in [2.45, 2.75) is 25.8 Å². The van der Waals surface area contributed by atoms with Crippen molar-refractivity contribution in [1.29, 1.82) is 0 Å². The number of likely N-dealkylation sites (tertiary alicyclic amines) is 1. The molecular weight excluding hydrogens is 447 g/mol. The highest BCUT2D eigenvalue weighted by atomic mass is 19.1. The Morgan fingerprint density at radius 1 is 0.771 bits per heavy atom. The molecule has 2 fully saturated rings. The summed E-state index contributed by atoms with van der Waals surface area (Å²) in [6, 6.07) is 13.9. The molecule has 0 radical (unpaired) electrons. The Hall–Kier alpha value is -3.68. The number of rotatable bonds is 5. The topological polar surface area (TPSA) is 65.9 Å². The molecule has 3 aromatic rings. The van der Waals surface area contributed by atoms with Crippen molar-refractivity contribution in [3.05, 3.63) is 66.1 Å². The van der Waals surface area contributed by atoms with E-state index in [9.17, 15) is 18.8 Å². The van der Waals surface area contributed by atoms with Crippen molar-refractivity contribution >= 4 is 34.2 Å². The Kier molecular flexibility index (Phi) is 6.53.